The Balaban J connectivity index is 3.51. The van der Waals surface area contributed by atoms with Gasteiger partial charge in [-0.25, -0.2) is 4.79 Å². The molecular weight excluding hydrogens is 212 g/mol. The second-order valence-electron chi connectivity index (χ2n) is 3.63. The summed E-state index contributed by atoms with van der Waals surface area (Å²) in [5.74, 6) is 0. The monoisotopic (exact) mass is 234 g/mol. The standard InChI is InChI=1S/C10H22N2O4/c1-2-3-4-5-6-12-10(15)16-9(14)8(11)7-13/h8-9,13-14H,2-7,11H2,1H3,(H,12,15). The van der Waals surface area contributed by atoms with E-state index in [1.807, 2.05) is 0 Å². The smallest absolute Gasteiger partial charge is 0.409 e. The first-order chi connectivity index (χ1) is 7.61. The molecule has 0 aromatic heterocycles. The fourth-order valence-corrected chi connectivity index (χ4v) is 1.07. The average Bonchev–Trinajstić information content (AvgIpc) is 2.27. The van der Waals surface area contributed by atoms with Gasteiger partial charge in [-0.1, -0.05) is 26.2 Å². The van der Waals surface area contributed by atoms with Gasteiger partial charge >= 0.3 is 6.09 Å². The third kappa shape index (κ3) is 7.44. The van der Waals surface area contributed by atoms with Crippen LogP contribution >= 0.6 is 0 Å². The summed E-state index contributed by atoms with van der Waals surface area (Å²) in [6, 6.07) is -0.967. The van der Waals surface area contributed by atoms with E-state index in [1.165, 1.54) is 0 Å². The number of carbonyl (C=O) groups is 1. The molecule has 96 valence electrons. The SMILES string of the molecule is CCCCCCNC(=O)OC(O)C(N)CO. The number of nitrogens with one attached hydrogen (secondary N) is 1. The molecule has 0 aliphatic carbocycles. The molecule has 0 bridgehead atoms. The molecule has 6 heteroatoms. The molecule has 6 nitrogen and oxygen atoms in total. The van der Waals surface area contributed by atoms with Crippen LogP contribution in [0.2, 0.25) is 0 Å². The molecule has 0 rings (SSSR count). The number of amides is 1. The maximum Gasteiger partial charge on any atom is 0.409 e. The third-order valence-electron chi connectivity index (χ3n) is 2.10. The van der Waals surface area contributed by atoms with E-state index in [0.29, 0.717) is 6.54 Å². The molecule has 5 N–H and O–H groups in total. The average molecular weight is 234 g/mol. The van der Waals surface area contributed by atoms with Crippen LogP contribution in [-0.4, -0.2) is 41.8 Å². The molecule has 1 amide bonds. The van der Waals surface area contributed by atoms with Gasteiger partial charge in [0.2, 0.25) is 6.29 Å². The van der Waals surface area contributed by atoms with Crippen molar-refractivity contribution in [1.29, 1.82) is 0 Å². The summed E-state index contributed by atoms with van der Waals surface area (Å²) in [7, 11) is 0. The minimum absolute atomic E-state index is 0.440. The number of hydrogen-bond donors (Lipinski definition) is 4. The summed E-state index contributed by atoms with van der Waals surface area (Å²) in [5.41, 5.74) is 5.25. The van der Waals surface area contributed by atoms with Crippen LogP contribution in [0.4, 0.5) is 4.79 Å². The minimum Gasteiger partial charge on any atom is -0.418 e. The highest BCUT2D eigenvalue weighted by Crippen LogP contribution is 1.98. The number of nitrogens with two attached hydrogens (primary N) is 1. The summed E-state index contributed by atoms with van der Waals surface area (Å²) >= 11 is 0. The third-order valence-corrected chi connectivity index (χ3v) is 2.10. The lowest BCUT2D eigenvalue weighted by Crippen LogP contribution is -2.43. The van der Waals surface area contributed by atoms with E-state index in [1.54, 1.807) is 0 Å². The zero-order valence-electron chi connectivity index (χ0n) is 9.69. The van der Waals surface area contributed by atoms with Gasteiger partial charge in [-0.05, 0) is 6.42 Å². The van der Waals surface area contributed by atoms with Crippen LogP contribution in [0, 0.1) is 0 Å². The quantitative estimate of drug-likeness (QED) is 0.347. The molecule has 16 heavy (non-hydrogen) atoms. The molecule has 0 aromatic carbocycles. The molecule has 0 saturated carbocycles. The number of ether oxygens (including phenoxy) is 1. The second-order valence-corrected chi connectivity index (χ2v) is 3.63. The maximum absolute atomic E-state index is 11.1. The van der Waals surface area contributed by atoms with Gasteiger partial charge in [0.1, 0.15) is 0 Å². The highest BCUT2D eigenvalue weighted by molar-refractivity contribution is 5.67. The Morgan fingerprint density at radius 2 is 2.12 bits per heavy atom. The predicted molar refractivity (Wildman–Crippen MR) is 59.7 cm³/mol. The molecule has 0 heterocycles. The van der Waals surface area contributed by atoms with Gasteiger partial charge in [0.25, 0.3) is 0 Å². The predicted octanol–water partition coefficient (Wildman–Crippen LogP) is -0.0691. The summed E-state index contributed by atoms with van der Waals surface area (Å²) in [4.78, 5) is 11.1. The Hall–Kier alpha value is -0.850. The second kappa shape index (κ2) is 9.38. The number of carbonyl (C=O) groups excluding carboxylic acids is 1. The van der Waals surface area contributed by atoms with Crippen LogP contribution in [0.25, 0.3) is 0 Å². The summed E-state index contributed by atoms with van der Waals surface area (Å²) in [6.07, 6.45) is 2.01. The van der Waals surface area contributed by atoms with Crippen LogP contribution in [0.15, 0.2) is 0 Å². The van der Waals surface area contributed by atoms with Crippen LogP contribution in [-0.2, 0) is 4.74 Å². The topological polar surface area (TPSA) is 105 Å². The minimum atomic E-state index is -1.47. The van der Waals surface area contributed by atoms with E-state index in [0.717, 1.165) is 25.7 Å². The number of rotatable bonds is 8. The molecule has 0 saturated heterocycles. The van der Waals surface area contributed by atoms with Crippen LogP contribution in [0.3, 0.4) is 0 Å². The first-order valence-corrected chi connectivity index (χ1v) is 5.60. The number of hydrogen-bond acceptors (Lipinski definition) is 5. The zero-order valence-corrected chi connectivity index (χ0v) is 9.69. The summed E-state index contributed by atoms with van der Waals surface area (Å²) in [6.45, 7) is 2.18. The molecule has 0 spiro atoms. The number of aliphatic hydroxyl groups excluding tert-OH is 2. The molecule has 0 aliphatic rings. The van der Waals surface area contributed by atoms with E-state index in [2.05, 4.69) is 17.0 Å². The van der Waals surface area contributed by atoms with E-state index in [-0.39, 0.29) is 0 Å². The highest BCUT2D eigenvalue weighted by atomic mass is 16.6. The lowest BCUT2D eigenvalue weighted by molar-refractivity contribution is -0.0762. The fraction of sp³-hybridized carbons (Fsp3) is 0.900. The Labute approximate surface area is 95.8 Å². The van der Waals surface area contributed by atoms with E-state index >= 15 is 0 Å². The van der Waals surface area contributed by atoms with E-state index in [9.17, 15) is 4.79 Å². The molecular formula is C10H22N2O4. The van der Waals surface area contributed by atoms with Crippen molar-refractivity contribution in [2.45, 2.75) is 44.9 Å². The van der Waals surface area contributed by atoms with Crippen molar-refractivity contribution in [2.75, 3.05) is 13.2 Å². The van der Waals surface area contributed by atoms with E-state index < -0.39 is 25.0 Å². The highest BCUT2D eigenvalue weighted by Gasteiger charge is 2.17. The number of alkyl carbamates (subject to hydrolysis) is 1. The maximum atomic E-state index is 11.1. The van der Waals surface area contributed by atoms with Gasteiger partial charge in [-0.2, -0.15) is 0 Å². The van der Waals surface area contributed by atoms with Crippen LogP contribution in [0.1, 0.15) is 32.6 Å². The summed E-state index contributed by atoms with van der Waals surface area (Å²) in [5, 5.41) is 20.2. The van der Waals surface area contributed by atoms with Gasteiger partial charge in [0, 0.05) is 6.54 Å². The lowest BCUT2D eigenvalue weighted by atomic mass is 10.2. The summed E-state index contributed by atoms with van der Waals surface area (Å²) < 4.78 is 4.53. The zero-order chi connectivity index (χ0) is 12.4. The van der Waals surface area contributed by atoms with Gasteiger partial charge in [0.05, 0.1) is 12.6 Å². The Kier molecular flexibility index (Phi) is 8.88. The van der Waals surface area contributed by atoms with Gasteiger partial charge in [0.15, 0.2) is 0 Å². The van der Waals surface area contributed by atoms with Gasteiger partial charge in [-0.15, -0.1) is 0 Å². The van der Waals surface area contributed by atoms with Crippen molar-refractivity contribution < 1.29 is 19.7 Å². The number of unbranched alkanes of at least 4 members (excludes halogenated alkanes) is 3. The van der Waals surface area contributed by atoms with Crippen molar-refractivity contribution in [3.63, 3.8) is 0 Å². The van der Waals surface area contributed by atoms with Crippen molar-refractivity contribution >= 4 is 6.09 Å². The molecule has 2 atom stereocenters. The first-order valence-electron chi connectivity index (χ1n) is 5.60. The van der Waals surface area contributed by atoms with Gasteiger partial charge < -0.3 is 26.0 Å². The first kappa shape index (κ1) is 15.2. The van der Waals surface area contributed by atoms with Crippen molar-refractivity contribution in [3.8, 4) is 0 Å². The fourth-order valence-electron chi connectivity index (χ4n) is 1.07. The number of aliphatic hydroxyl groups is 2. The Bertz CT molecular complexity index is 190. The van der Waals surface area contributed by atoms with E-state index in [4.69, 9.17) is 15.9 Å². The Morgan fingerprint density at radius 3 is 2.69 bits per heavy atom. The molecule has 2 unspecified atom stereocenters. The van der Waals surface area contributed by atoms with Crippen LogP contribution in [0.5, 0.6) is 0 Å². The van der Waals surface area contributed by atoms with Crippen molar-refractivity contribution in [3.05, 3.63) is 0 Å². The van der Waals surface area contributed by atoms with Crippen LogP contribution < -0.4 is 11.1 Å². The lowest BCUT2D eigenvalue weighted by Gasteiger charge is -2.17. The molecule has 0 radical (unpaired) electrons. The molecule has 0 aliphatic heterocycles. The van der Waals surface area contributed by atoms with Crippen molar-refractivity contribution in [2.24, 2.45) is 5.73 Å². The Morgan fingerprint density at radius 1 is 1.44 bits per heavy atom. The molecule has 0 fully saturated rings. The molecule has 0 aromatic rings. The largest absolute Gasteiger partial charge is 0.418 e. The normalized spacial score (nSPS) is 14.2. The van der Waals surface area contributed by atoms with Gasteiger partial charge in [-0.3, -0.25) is 0 Å². The van der Waals surface area contributed by atoms with Crippen molar-refractivity contribution in [1.82, 2.24) is 5.32 Å².